The van der Waals surface area contributed by atoms with Crippen molar-refractivity contribution >= 4 is 23.3 Å². The van der Waals surface area contributed by atoms with Gasteiger partial charge in [-0.3, -0.25) is 9.48 Å². The number of nitrogen functional groups attached to an aromatic ring is 1. The van der Waals surface area contributed by atoms with E-state index in [1.165, 1.54) is 0 Å². The fourth-order valence-electron chi connectivity index (χ4n) is 5.62. The number of hydrogen-bond acceptors (Lipinski definition) is 6. The van der Waals surface area contributed by atoms with Crippen LogP contribution < -0.4 is 11.5 Å². The quantitative estimate of drug-likeness (QED) is 0.360. The Morgan fingerprint density at radius 3 is 2.83 bits per heavy atom. The van der Waals surface area contributed by atoms with Gasteiger partial charge in [0.2, 0.25) is 0 Å². The lowest BCUT2D eigenvalue weighted by Crippen LogP contribution is -2.42. The van der Waals surface area contributed by atoms with Crippen molar-refractivity contribution in [2.24, 2.45) is 11.1 Å². The second-order valence-corrected chi connectivity index (χ2v) is 10.3. The molecule has 1 aliphatic heterocycles. The van der Waals surface area contributed by atoms with Crippen LogP contribution in [0.1, 0.15) is 55.3 Å². The van der Waals surface area contributed by atoms with E-state index >= 15 is 0 Å². The number of rotatable bonds is 5. The molecule has 1 spiro atoms. The molecule has 9 nitrogen and oxygen atoms in total. The number of benzene rings is 1. The van der Waals surface area contributed by atoms with E-state index in [1.807, 2.05) is 47.0 Å². The molecule has 0 radical (unpaired) electrons. The zero-order chi connectivity index (χ0) is 25.6. The van der Waals surface area contributed by atoms with E-state index in [0.717, 1.165) is 42.6 Å². The first-order valence-electron chi connectivity index (χ1n) is 12.0. The molecule has 5 N–H and O–H groups in total. The number of likely N-dealkylation sites (tertiary alicyclic amines) is 1. The number of amides is 1. The van der Waals surface area contributed by atoms with Crippen LogP contribution in [-0.4, -0.2) is 48.6 Å². The largest absolute Gasteiger partial charge is 0.384 e. The minimum Gasteiger partial charge on any atom is -0.384 e. The molecular formula is C26H30ClN7O2. The third kappa shape index (κ3) is 4.37. The van der Waals surface area contributed by atoms with Gasteiger partial charge in [-0.2, -0.15) is 10.2 Å². The Morgan fingerprint density at radius 2 is 2.14 bits per heavy atom. The van der Waals surface area contributed by atoms with Crippen molar-refractivity contribution in [3.8, 4) is 23.1 Å². The zero-order valence-corrected chi connectivity index (χ0v) is 21.2. The van der Waals surface area contributed by atoms with E-state index < -0.39 is 6.23 Å². The maximum atomic E-state index is 12.2. The molecule has 1 aliphatic carbocycles. The van der Waals surface area contributed by atoms with E-state index in [0.29, 0.717) is 35.2 Å². The predicted molar refractivity (Wildman–Crippen MR) is 138 cm³/mol. The molecule has 3 aromatic rings. The highest BCUT2D eigenvalue weighted by Gasteiger charge is 2.51. The lowest BCUT2D eigenvalue weighted by Gasteiger charge is -2.45. The van der Waals surface area contributed by atoms with E-state index in [9.17, 15) is 9.90 Å². The van der Waals surface area contributed by atoms with E-state index in [4.69, 9.17) is 28.2 Å². The number of halogens is 1. The SMILES string of the molecule is CC#CC(=O)N1CC[C@]2(C1)C[C@H](n1nc(-c3cn(Cc4cccc(Cl)c4)nc3C)c(C(N)O)c1N)C2. The average Bonchev–Trinajstić information content (AvgIpc) is 3.48. The highest BCUT2D eigenvalue weighted by atomic mass is 35.5. The lowest BCUT2D eigenvalue weighted by atomic mass is 9.65. The van der Waals surface area contributed by atoms with Gasteiger partial charge < -0.3 is 21.5 Å². The second kappa shape index (κ2) is 9.28. The maximum Gasteiger partial charge on any atom is 0.298 e. The van der Waals surface area contributed by atoms with Gasteiger partial charge in [0.15, 0.2) is 0 Å². The second-order valence-electron chi connectivity index (χ2n) is 9.91. The average molecular weight is 508 g/mol. The van der Waals surface area contributed by atoms with Crippen LogP contribution >= 0.6 is 11.6 Å². The molecule has 0 bridgehead atoms. The first kappa shape index (κ1) is 24.4. The van der Waals surface area contributed by atoms with Crippen LogP contribution in [-0.2, 0) is 11.3 Å². The van der Waals surface area contributed by atoms with Crippen LogP contribution in [0.2, 0.25) is 5.02 Å². The van der Waals surface area contributed by atoms with Gasteiger partial charge in [-0.05, 0) is 62.1 Å². The third-order valence-electron chi connectivity index (χ3n) is 7.36. The van der Waals surface area contributed by atoms with E-state index in [-0.39, 0.29) is 17.4 Å². The van der Waals surface area contributed by atoms with Crippen LogP contribution in [0.25, 0.3) is 11.3 Å². The van der Waals surface area contributed by atoms with Crippen LogP contribution in [0.3, 0.4) is 0 Å². The number of carbonyl (C=O) groups is 1. The summed E-state index contributed by atoms with van der Waals surface area (Å²) in [5.41, 5.74) is 16.0. The summed E-state index contributed by atoms with van der Waals surface area (Å²) in [6.45, 7) is 5.53. The molecule has 3 heterocycles. The normalized spacial score (nSPS) is 21.8. The molecule has 1 aromatic carbocycles. The van der Waals surface area contributed by atoms with Gasteiger partial charge in [0, 0.05) is 29.9 Å². The van der Waals surface area contributed by atoms with Crippen LogP contribution in [0.4, 0.5) is 5.82 Å². The highest BCUT2D eigenvalue weighted by molar-refractivity contribution is 6.30. The summed E-state index contributed by atoms with van der Waals surface area (Å²) in [6, 6.07) is 7.70. The monoisotopic (exact) mass is 507 g/mol. The molecule has 188 valence electrons. The fraction of sp³-hybridized carbons (Fsp3) is 0.423. The first-order chi connectivity index (χ1) is 17.2. The molecule has 1 unspecified atom stereocenters. The summed E-state index contributed by atoms with van der Waals surface area (Å²) in [5, 5.41) is 20.5. The summed E-state index contributed by atoms with van der Waals surface area (Å²) >= 11 is 6.13. The van der Waals surface area contributed by atoms with E-state index in [2.05, 4.69) is 16.9 Å². The van der Waals surface area contributed by atoms with Gasteiger partial charge in [-0.1, -0.05) is 29.7 Å². The van der Waals surface area contributed by atoms with Crippen LogP contribution in [0.5, 0.6) is 0 Å². The highest BCUT2D eigenvalue weighted by Crippen LogP contribution is 2.55. The fourth-order valence-corrected chi connectivity index (χ4v) is 5.84. The minimum absolute atomic E-state index is 0.0630. The van der Waals surface area contributed by atoms with Gasteiger partial charge in [-0.15, -0.1) is 0 Å². The molecule has 36 heavy (non-hydrogen) atoms. The number of aliphatic hydroxyl groups is 1. The van der Waals surface area contributed by atoms with Gasteiger partial charge in [0.25, 0.3) is 5.91 Å². The molecule has 1 saturated carbocycles. The van der Waals surface area contributed by atoms with Crippen molar-refractivity contribution in [1.82, 2.24) is 24.5 Å². The van der Waals surface area contributed by atoms with Crippen molar-refractivity contribution in [1.29, 1.82) is 0 Å². The number of carbonyl (C=O) groups excluding carboxylic acids is 1. The zero-order valence-electron chi connectivity index (χ0n) is 20.4. The number of aromatic nitrogens is 4. The van der Waals surface area contributed by atoms with Crippen LogP contribution in [0.15, 0.2) is 30.5 Å². The van der Waals surface area contributed by atoms with Crippen molar-refractivity contribution < 1.29 is 9.90 Å². The van der Waals surface area contributed by atoms with Gasteiger partial charge >= 0.3 is 0 Å². The number of anilines is 1. The van der Waals surface area contributed by atoms with Gasteiger partial charge in [0.1, 0.15) is 17.7 Å². The molecule has 1 amide bonds. The van der Waals surface area contributed by atoms with Crippen molar-refractivity contribution in [2.45, 2.75) is 51.9 Å². The lowest BCUT2D eigenvalue weighted by molar-refractivity contribution is -0.125. The number of aliphatic hydroxyl groups excluding tert-OH is 1. The molecule has 1 atom stereocenters. The summed E-state index contributed by atoms with van der Waals surface area (Å²) in [5.74, 6) is 5.57. The van der Waals surface area contributed by atoms with Gasteiger partial charge in [-0.25, -0.2) is 4.68 Å². The standard InChI is InChI=1S/C26H30ClN7O2/c1-3-5-21(35)32-9-8-26(15-32)11-19(12-26)34-24(28)22(25(29)36)23(31-34)20-14-33(30-16(20)2)13-17-6-4-7-18(27)10-17/h4,6-7,10,14,19,25,36H,8-9,11-13,15,28-29H2,1-2H3/t19-,25?,26-. The molecule has 2 aromatic heterocycles. The van der Waals surface area contributed by atoms with E-state index in [1.54, 1.807) is 11.6 Å². The molecule has 10 heteroatoms. The Kier molecular flexibility index (Phi) is 6.29. The molecule has 2 fully saturated rings. The summed E-state index contributed by atoms with van der Waals surface area (Å²) in [7, 11) is 0. The number of hydrogen-bond donors (Lipinski definition) is 3. The van der Waals surface area contributed by atoms with Crippen molar-refractivity contribution in [2.75, 3.05) is 18.8 Å². The van der Waals surface area contributed by atoms with Crippen LogP contribution in [0, 0.1) is 24.2 Å². The molecule has 1 saturated heterocycles. The Hall–Kier alpha value is -3.32. The van der Waals surface area contributed by atoms with Crippen molar-refractivity contribution in [3.63, 3.8) is 0 Å². The smallest absolute Gasteiger partial charge is 0.298 e. The third-order valence-corrected chi connectivity index (χ3v) is 7.59. The Bertz CT molecular complexity index is 1370. The minimum atomic E-state index is -1.27. The molecule has 2 aliphatic rings. The topological polar surface area (TPSA) is 128 Å². The number of nitrogens with two attached hydrogens (primary N) is 2. The summed E-state index contributed by atoms with van der Waals surface area (Å²) in [4.78, 5) is 14.0. The maximum absolute atomic E-state index is 12.2. The number of nitrogens with zero attached hydrogens (tertiary/aromatic N) is 5. The Balaban J connectivity index is 1.39. The Morgan fingerprint density at radius 1 is 1.36 bits per heavy atom. The van der Waals surface area contributed by atoms with Gasteiger partial charge in [0.05, 0.1) is 23.8 Å². The molecular weight excluding hydrogens is 478 g/mol. The molecule has 5 rings (SSSR count). The summed E-state index contributed by atoms with van der Waals surface area (Å²) in [6.07, 6.45) is 3.27. The predicted octanol–water partition coefficient (Wildman–Crippen LogP) is 2.87. The van der Waals surface area contributed by atoms with Crippen molar-refractivity contribution in [3.05, 3.63) is 52.3 Å². The summed E-state index contributed by atoms with van der Waals surface area (Å²) < 4.78 is 3.61. The number of aryl methyl sites for hydroxylation is 1. The Labute approximate surface area is 215 Å². The first-order valence-corrected chi connectivity index (χ1v) is 12.4.